The molecule has 5 nitrogen and oxygen atoms in total. The van der Waals surface area contributed by atoms with Gasteiger partial charge in [-0.3, -0.25) is 0 Å². The molecule has 0 N–H and O–H groups in total. The summed E-state index contributed by atoms with van der Waals surface area (Å²) in [4.78, 5) is 13.9. The van der Waals surface area contributed by atoms with Crippen LogP contribution in [-0.2, 0) is 9.47 Å². The van der Waals surface area contributed by atoms with Crippen molar-refractivity contribution in [3.8, 4) is 0 Å². The molecular formula is C14H26BN2O3S. The van der Waals surface area contributed by atoms with Gasteiger partial charge >= 0.3 is 30.8 Å². The fraction of sp³-hybridized carbons (Fsp3) is 0.786. The van der Waals surface area contributed by atoms with Crippen molar-refractivity contribution in [2.45, 2.75) is 58.1 Å². The quantitative estimate of drug-likeness (QED) is 0.493. The van der Waals surface area contributed by atoms with Crippen LogP contribution in [0.5, 0.6) is 0 Å². The summed E-state index contributed by atoms with van der Waals surface area (Å²) in [6.07, 6.45) is 3.63. The normalized spacial score (nSPS) is 18.1. The number of amides is 1. The molecule has 1 heterocycles. The molecule has 0 bridgehead atoms. The van der Waals surface area contributed by atoms with E-state index in [1.54, 1.807) is 7.11 Å². The van der Waals surface area contributed by atoms with Gasteiger partial charge in [-0.05, 0) is 40.0 Å². The van der Waals surface area contributed by atoms with E-state index in [9.17, 15) is 4.79 Å². The van der Waals surface area contributed by atoms with E-state index in [0.717, 1.165) is 31.6 Å². The summed E-state index contributed by atoms with van der Waals surface area (Å²) in [6.45, 7) is 10.3. The van der Waals surface area contributed by atoms with Gasteiger partial charge in [-0.1, -0.05) is 6.58 Å². The zero-order chi connectivity index (χ0) is 16.5. The van der Waals surface area contributed by atoms with Crippen molar-refractivity contribution >= 4 is 26.5 Å². The van der Waals surface area contributed by atoms with Crippen molar-refractivity contribution in [3.05, 3.63) is 12.3 Å². The Morgan fingerprint density at radius 1 is 1.48 bits per heavy atom. The van der Waals surface area contributed by atoms with Gasteiger partial charge in [0.15, 0.2) is 0 Å². The minimum atomic E-state index is -0.447. The first-order chi connectivity index (χ1) is 9.75. The van der Waals surface area contributed by atoms with Gasteiger partial charge in [-0.15, -0.1) is 0 Å². The van der Waals surface area contributed by atoms with Crippen LogP contribution in [0.1, 0.15) is 46.5 Å². The molecule has 0 aromatic heterocycles. The molecule has 0 aliphatic carbocycles. The van der Waals surface area contributed by atoms with Crippen LogP contribution < -0.4 is 0 Å². The molecule has 0 spiro atoms. The first-order valence-electron chi connectivity index (χ1n) is 7.00. The second kappa shape index (κ2) is 9.87. The second-order valence-electron chi connectivity index (χ2n) is 5.89. The summed E-state index contributed by atoms with van der Waals surface area (Å²) < 4.78 is 13.2. The molecule has 0 aromatic carbocycles. The van der Waals surface area contributed by atoms with Gasteiger partial charge in [0.05, 0.1) is 12.9 Å². The summed E-state index contributed by atoms with van der Waals surface area (Å²) in [5.41, 5.74) is -0.447. The molecule has 0 unspecified atom stereocenters. The van der Waals surface area contributed by atoms with Crippen LogP contribution in [0, 0.1) is 0 Å². The Morgan fingerprint density at radius 3 is 2.52 bits per heavy atom. The van der Waals surface area contributed by atoms with Crippen LogP contribution in [0.2, 0.25) is 0 Å². The average molecular weight is 313 g/mol. The van der Waals surface area contributed by atoms with E-state index in [2.05, 4.69) is 31.3 Å². The summed E-state index contributed by atoms with van der Waals surface area (Å²) in [7, 11) is 5.95. The monoisotopic (exact) mass is 313 g/mol. The summed E-state index contributed by atoms with van der Waals surface area (Å²) in [6, 6.07) is 0.154. The molecule has 7 heteroatoms. The Hall–Kier alpha value is -0.975. The third kappa shape index (κ3) is 8.81. The number of carbonyl (C=O) groups is 1. The standard InChI is InChI=1S/C14H25NO3.BHNS/c1-11(17-5)10-12-8-6-7-9-15(12)13(16)18-14(2,3)4;1-2-3/h12H,1,6-10H2,2-5H3;3H/t12-;/m0./s1. The van der Waals surface area contributed by atoms with Crippen molar-refractivity contribution in [3.63, 3.8) is 0 Å². The molecule has 1 aliphatic rings. The van der Waals surface area contributed by atoms with Crippen LogP contribution in [0.25, 0.3) is 0 Å². The zero-order valence-electron chi connectivity index (χ0n) is 13.5. The van der Waals surface area contributed by atoms with Crippen molar-refractivity contribution < 1.29 is 14.3 Å². The summed E-state index contributed by atoms with van der Waals surface area (Å²) in [5.74, 6) is 0.718. The fourth-order valence-electron chi connectivity index (χ4n) is 2.12. The number of ether oxygens (including phenoxy) is 2. The molecular weight excluding hydrogens is 287 g/mol. The molecule has 119 valence electrons. The number of thiol groups is 1. The Kier molecular flexibility index (Phi) is 9.41. The Bertz CT molecular complexity index is 359. The number of likely N-dealkylation sites (tertiary alicyclic amines) is 1. The van der Waals surface area contributed by atoms with Gasteiger partial charge in [0.25, 0.3) is 0 Å². The first kappa shape index (κ1) is 20.0. The molecule has 1 atom stereocenters. The van der Waals surface area contributed by atoms with E-state index < -0.39 is 5.60 Å². The number of rotatable bonds is 3. The topological polar surface area (TPSA) is 51.1 Å². The fourth-order valence-corrected chi connectivity index (χ4v) is 2.12. The van der Waals surface area contributed by atoms with E-state index in [-0.39, 0.29) is 12.1 Å². The third-order valence-corrected chi connectivity index (χ3v) is 3.01. The predicted octanol–water partition coefficient (Wildman–Crippen LogP) is 3.51. The average Bonchev–Trinajstić information content (AvgIpc) is 2.38. The zero-order valence-corrected chi connectivity index (χ0v) is 14.4. The van der Waals surface area contributed by atoms with Crippen LogP contribution in [0.3, 0.4) is 0 Å². The van der Waals surface area contributed by atoms with Gasteiger partial charge in [0.2, 0.25) is 0 Å². The van der Waals surface area contributed by atoms with Gasteiger partial charge < -0.3 is 14.4 Å². The summed E-state index contributed by atoms with van der Waals surface area (Å²) in [5, 5.41) is 0. The van der Waals surface area contributed by atoms with Crippen LogP contribution in [0.4, 0.5) is 4.79 Å². The van der Waals surface area contributed by atoms with Crippen molar-refractivity contribution in [1.82, 2.24) is 4.90 Å². The van der Waals surface area contributed by atoms with Crippen LogP contribution >= 0.6 is 12.8 Å². The van der Waals surface area contributed by atoms with E-state index in [0.29, 0.717) is 6.42 Å². The number of carbonyl (C=O) groups excluding carboxylic acids is 1. The maximum atomic E-state index is 12.1. The number of hydrogen-bond donors (Lipinski definition) is 1. The molecule has 1 aliphatic heterocycles. The Labute approximate surface area is 134 Å². The van der Waals surface area contributed by atoms with Crippen molar-refractivity contribution in [2.24, 2.45) is 4.30 Å². The Balaban J connectivity index is 0.00000122. The minimum absolute atomic E-state index is 0.154. The predicted molar refractivity (Wildman–Crippen MR) is 88.5 cm³/mol. The van der Waals surface area contributed by atoms with Crippen molar-refractivity contribution in [1.29, 1.82) is 0 Å². The van der Waals surface area contributed by atoms with Gasteiger partial charge in [0.1, 0.15) is 5.60 Å². The third-order valence-electron chi connectivity index (χ3n) is 3.01. The van der Waals surface area contributed by atoms with Gasteiger partial charge in [0, 0.05) is 19.0 Å². The van der Waals surface area contributed by atoms with Crippen LogP contribution in [-0.4, -0.2) is 43.9 Å². The molecule has 1 saturated heterocycles. The summed E-state index contributed by atoms with van der Waals surface area (Å²) >= 11 is 3.19. The molecule has 1 amide bonds. The van der Waals surface area contributed by atoms with Crippen molar-refractivity contribution in [2.75, 3.05) is 13.7 Å². The Morgan fingerprint density at radius 2 is 2.05 bits per heavy atom. The van der Waals surface area contributed by atoms with E-state index in [1.807, 2.05) is 25.7 Å². The molecule has 21 heavy (non-hydrogen) atoms. The van der Waals surface area contributed by atoms with Gasteiger partial charge in [-0.2, -0.15) is 0 Å². The molecule has 1 fully saturated rings. The maximum absolute atomic E-state index is 12.1. The first-order valence-corrected chi connectivity index (χ1v) is 7.40. The van der Waals surface area contributed by atoms with Crippen LogP contribution in [0.15, 0.2) is 16.6 Å². The number of hydrogen-bond acceptors (Lipinski definition) is 5. The van der Waals surface area contributed by atoms with E-state index in [4.69, 9.17) is 9.47 Å². The number of methoxy groups -OCH3 is 1. The van der Waals surface area contributed by atoms with E-state index >= 15 is 0 Å². The molecule has 0 saturated carbocycles. The number of piperidine rings is 1. The van der Waals surface area contributed by atoms with Gasteiger partial charge in [-0.25, -0.2) is 4.79 Å². The molecule has 1 rings (SSSR count). The number of nitrogens with zero attached hydrogens (tertiary/aromatic N) is 2. The SMILES string of the molecule is C=C(C[C@@H]1CCCCN1C(=O)OC(C)(C)C)OC.[B]=NS. The molecule has 0 aromatic rings. The molecule has 1 radical (unpaired) electrons. The van der Waals surface area contributed by atoms with E-state index in [1.165, 1.54) is 0 Å². The second-order valence-corrected chi connectivity index (χ2v) is 6.12.